The Morgan fingerprint density at radius 3 is 2.04 bits per heavy atom. The summed E-state index contributed by atoms with van der Waals surface area (Å²) < 4.78 is 0. The molecule has 0 fully saturated rings. The van der Waals surface area contributed by atoms with Crippen molar-refractivity contribution in [2.75, 3.05) is 0 Å². The first kappa shape index (κ1) is 17.4. The largest absolute Gasteiger partial charge is 0.506 e. The fraction of sp³-hybridized carbons (Fsp3) is 0. The van der Waals surface area contributed by atoms with Crippen LogP contribution in [0.4, 0.5) is 0 Å². The van der Waals surface area contributed by atoms with Gasteiger partial charge in [-0.15, -0.1) is 0 Å². The van der Waals surface area contributed by atoms with E-state index in [-0.39, 0.29) is 17.0 Å². The van der Waals surface area contributed by atoms with Gasteiger partial charge in [-0.3, -0.25) is 9.59 Å². The summed E-state index contributed by atoms with van der Waals surface area (Å²) in [6.45, 7) is 0. The smallest absolute Gasteiger partial charge is 0.275 e. The van der Waals surface area contributed by atoms with Crippen LogP contribution in [0.5, 0.6) is 0 Å². The number of allylic oxidation sites excluding steroid dienone is 1. The van der Waals surface area contributed by atoms with Crippen LogP contribution in [0.25, 0.3) is 22.4 Å². The van der Waals surface area contributed by atoms with Crippen molar-refractivity contribution in [3.8, 4) is 0 Å². The fourth-order valence-electron chi connectivity index (χ4n) is 3.00. The molecule has 3 aromatic carbocycles. The van der Waals surface area contributed by atoms with Crippen LogP contribution in [0.15, 0.2) is 89.7 Å². The number of ketones is 1. The van der Waals surface area contributed by atoms with E-state index in [1.807, 2.05) is 0 Å². The zero-order valence-electron chi connectivity index (χ0n) is 14.8. The molecule has 5 heteroatoms. The second-order valence-corrected chi connectivity index (χ2v) is 6.22. The van der Waals surface area contributed by atoms with Crippen LogP contribution >= 0.6 is 0 Å². The Morgan fingerprint density at radius 2 is 1.36 bits per heavy atom. The number of H-pyrrole nitrogens is 1. The van der Waals surface area contributed by atoms with E-state index in [0.29, 0.717) is 22.2 Å². The zero-order chi connectivity index (χ0) is 19.5. The van der Waals surface area contributed by atoms with Gasteiger partial charge in [0.05, 0.1) is 16.6 Å². The summed E-state index contributed by atoms with van der Waals surface area (Å²) in [7, 11) is 0. The molecule has 2 N–H and O–H groups in total. The van der Waals surface area contributed by atoms with Crippen LogP contribution in [-0.2, 0) is 0 Å². The molecule has 0 aliphatic carbocycles. The van der Waals surface area contributed by atoms with E-state index in [0.717, 1.165) is 0 Å². The third kappa shape index (κ3) is 3.21. The van der Waals surface area contributed by atoms with Crippen LogP contribution < -0.4 is 5.56 Å². The molecule has 0 atom stereocenters. The molecule has 0 bridgehead atoms. The van der Waals surface area contributed by atoms with Crippen LogP contribution in [0.2, 0.25) is 0 Å². The first-order chi connectivity index (χ1) is 13.6. The lowest BCUT2D eigenvalue weighted by molar-refractivity contribution is 0.105. The lowest BCUT2D eigenvalue weighted by Crippen LogP contribution is -2.19. The number of hydrogen-bond acceptors (Lipinski definition) is 4. The van der Waals surface area contributed by atoms with Gasteiger partial charge in [-0.05, 0) is 12.1 Å². The molecule has 1 aromatic heterocycles. The van der Waals surface area contributed by atoms with E-state index < -0.39 is 11.3 Å². The van der Waals surface area contributed by atoms with Crippen molar-refractivity contribution < 1.29 is 9.90 Å². The van der Waals surface area contributed by atoms with Gasteiger partial charge >= 0.3 is 0 Å². The summed E-state index contributed by atoms with van der Waals surface area (Å²) in [6, 6.07) is 24.2. The van der Waals surface area contributed by atoms with E-state index in [1.54, 1.807) is 84.9 Å². The van der Waals surface area contributed by atoms with Gasteiger partial charge < -0.3 is 10.1 Å². The number of carbonyl (C=O) groups is 1. The zero-order valence-corrected chi connectivity index (χ0v) is 14.8. The third-order valence-corrected chi connectivity index (χ3v) is 4.38. The number of hydrogen-bond donors (Lipinski definition) is 2. The molecule has 136 valence electrons. The first-order valence-electron chi connectivity index (χ1n) is 8.73. The molecule has 0 unspecified atom stereocenters. The van der Waals surface area contributed by atoms with Crippen LogP contribution in [0.1, 0.15) is 21.6 Å². The first-order valence-corrected chi connectivity index (χ1v) is 8.73. The van der Waals surface area contributed by atoms with E-state index in [1.165, 1.54) is 0 Å². The van der Waals surface area contributed by atoms with Crippen LogP contribution in [-0.4, -0.2) is 20.9 Å². The number of rotatable bonds is 4. The average molecular weight is 368 g/mol. The minimum Gasteiger partial charge on any atom is -0.506 e. The van der Waals surface area contributed by atoms with Gasteiger partial charge in [0.2, 0.25) is 0 Å². The summed E-state index contributed by atoms with van der Waals surface area (Å²) in [5, 5.41) is 10.9. The van der Waals surface area contributed by atoms with Gasteiger partial charge in [-0.1, -0.05) is 72.8 Å². The highest BCUT2D eigenvalue weighted by Gasteiger charge is 2.24. The molecular formula is C23H16N2O3. The van der Waals surface area contributed by atoms with Crippen molar-refractivity contribution in [3.63, 3.8) is 0 Å². The molecular weight excluding hydrogens is 352 g/mol. The van der Waals surface area contributed by atoms with Crippen molar-refractivity contribution in [3.05, 3.63) is 112 Å². The number of aromatic amines is 1. The van der Waals surface area contributed by atoms with E-state index >= 15 is 0 Å². The second-order valence-electron chi connectivity index (χ2n) is 6.22. The summed E-state index contributed by atoms with van der Waals surface area (Å²) in [6.07, 6.45) is 0. The number of fused-ring (bicyclic) bond motifs is 1. The molecule has 4 aromatic rings. The molecule has 4 rings (SSSR count). The van der Waals surface area contributed by atoms with Gasteiger partial charge in [-0.25, -0.2) is 4.98 Å². The number of para-hydroxylation sites is 2. The van der Waals surface area contributed by atoms with Gasteiger partial charge in [0.25, 0.3) is 5.56 Å². The molecule has 0 aliphatic heterocycles. The number of benzene rings is 3. The molecule has 28 heavy (non-hydrogen) atoms. The van der Waals surface area contributed by atoms with E-state index in [9.17, 15) is 14.7 Å². The number of nitrogens with one attached hydrogen (secondary N) is 1. The van der Waals surface area contributed by atoms with Crippen molar-refractivity contribution in [2.24, 2.45) is 0 Å². The summed E-state index contributed by atoms with van der Waals surface area (Å²) >= 11 is 0. The Hall–Kier alpha value is -3.99. The Morgan fingerprint density at radius 1 is 0.786 bits per heavy atom. The highest BCUT2D eigenvalue weighted by Crippen LogP contribution is 2.26. The van der Waals surface area contributed by atoms with Crippen LogP contribution in [0, 0.1) is 0 Å². The van der Waals surface area contributed by atoms with Crippen molar-refractivity contribution >= 4 is 28.1 Å². The number of Topliss-reactive ketones (excluding diaryl/α,β-unsaturated/α-hetero) is 1. The Kier molecular flexibility index (Phi) is 4.56. The summed E-state index contributed by atoms with van der Waals surface area (Å²) in [5.41, 5.74) is 1.07. The maximum Gasteiger partial charge on any atom is 0.275 e. The van der Waals surface area contributed by atoms with E-state index in [2.05, 4.69) is 9.97 Å². The van der Waals surface area contributed by atoms with Crippen molar-refractivity contribution in [2.45, 2.75) is 0 Å². The maximum absolute atomic E-state index is 13.2. The lowest BCUT2D eigenvalue weighted by atomic mass is 9.97. The van der Waals surface area contributed by atoms with Gasteiger partial charge in [-0.2, -0.15) is 0 Å². The topological polar surface area (TPSA) is 83.0 Å². The molecule has 1 heterocycles. The fourth-order valence-corrected chi connectivity index (χ4v) is 3.00. The van der Waals surface area contributed by atoms with Gasteiger partial charge in [0.15, 0.2) is 5.78 Å². The Balaban J connectivity index is 2.00. The van der Waals surface area contributed by atoms with Crippen LogP contribution in [0.3, 0.4) is 0 Å². The quantitative estimate of drug-likeness (QED) is 0.321. The highest BCUT2D eigenvalue weighted by atomic mass is 16.3. The van der Waals surface area contributed by atoms with Crippen molar-refractivity contribution in [1.82, 2.24) is 9.97 Å². The minimum atomic E-state index is -0.541. The maximum atomic E-state index is 13.2. The van der Waals surface area contributed by atoms with E-state index in [4.69, 9.17) is 0 Å². The summed E-state index contributed by atoms with van der Waals surface area (Å²) in [4.78, 5) is 33.1. The average Bonchev–Trinajstić information content (AvgIpc) is 2.75. The third-order valence-electron chi connectivity index (χ3n) is 4.38. The Bertz CT molecular complexity index is 1240. The number of aromatic nitrogens is 2. The predicted octanol–water partition coefficient (Wildman–Crippen LogP) is 4.23. The minimum absolute atomic E-state index is 0.117. The number of nitrogens with zero attached hydrogens (tertiary/aromatic N) is 1. The standard InChI is InChI=1S/C23H16N2O3/c26-21(15-9-3-1-4-10-15)19(22(27)16-11-5-2-6-12-16)20-23(28)25-18-14-8-7-13-17(18)24-20/h1-14,26H,(H,25,28). The SMILES string of the molecule is O=C(C(=C(O)c1ccccc1)c1nc2ccccc2[nH]c1=O)c1ccccc1. The molecule has 0 aliphatic rings. The molecule has 0 saturated carbocycles. The monoisotopic (exact) mass is 368 g/mol. The molecule has 0 radical (unpaired) electrons. The number of aliphatic hydroxyl groups excluding tert-OH is 1. The van der Waals surface area contributed by atoms with Gasteiger partial charge in [0.1, 0.15) is 11.5 Å². The second kappa shape index (κ2) is 7.32. The lowest BCUT2D eigenvalue weighted by Gasteiger charge is -2.11. The number of carbonyl (C=O) groups excluding carboxylic acids is 1. The summed E-state index contributed by atoms with van der Waals surface area (Å²) in [5.74, 6) is -0.766. The number of aliphatic hydroxyl groups is 1. The predicted molar refractivity (Wildman–Crippen MR) is 109 cm³/mol. The molecule has 0 amide bonds. The molecule has 0 spiro atoms. The van der Waals surface area contributed by atoms with Gasteiger partial charge in [0, 0.05) is 11.1 Å². The molecule has 0 saturated heterocycles. The van der Waals surface area contributed by atoms with Crippen molar-refractivity contribution in [1.29, 1.82) is 0 Å². The normalized spacial score (nSPS) is 11.9. The highest BCUT2D eigenvalue weighted by molar-refractivity contribution is 6.33. The molecule has 5 nitrogen and oxygen atoms in total. The Labute approximate surface area is 160 Å².